The van der Waals surface area contributed by atoms with Crippen molar-refractivity contribution >= 4 is 16.8 Å². The summed E-state index contributed by atoms with van der Waals surface area (Å²) in [7, 11) is 0. The SMILES string of the molecule is O=C(c1cccc2cccnc12)N1CCC[C@@]2(C[C@@H](OCc3cccnc3)CO2)C1. The predicted molar refractivity (Wildman–Crippen MR) is 113 cm³/mol. The molecule has 2 aromatic heterocycles. The molecule has 3 aromatic rings. The molecule has 1 spiro atoms. The topological polar surface area (TPSA) is 64.6 Å². The molecule has 2 fully saturated rings. The van der Waals surface area contributed by atoms with E-state index >= 15 is 0 Å². The fraction of sp³-hybridized carbons (Fsp3) is 0.375. The van der Waals surface area contributed by atoms with Gasteiger partial charge in [0.15, 0.2) is 0 Å². The Morgan fingerprint density at radius 3 is 3.00 bits per heavy atom. The lowest BCUT2D eigenvalue weighted by Gasteiger charge is -2.39. The van der Waals surface area contributed by atoms with E-state index in [1.165, 1.54) is 0 Å². The summed E-state index contributed by atoms with van der Waals surface area (Å²) in [4.78, 5) is 23.8. The molecule has 0 N–H and O–H groups in total. The summed E-state index contributed by atoms with van der Waals surface area (Å²) in [6, 6.07) is 13.6. The zero-order valence-electron chi connectivity index (χ0n) is 16.9. The van der Waals surface area contributed by atoms with Gasteiger partial charge in [-0.25, -0.2) is 0 Å². The number of rotatable bonds is 4. The number of hydrogen-bond acceptors (Lipinski definition) is 5. The Labute approximate surface area is 175 Å². The third-order valence-corrected chi connectivity index (χ3v) is 6.07. The van der Waals surface area contributed by atoms with Gasteiger partial charge < -0.3 is 14.4 Å². The van der Waals surface area contributed by atoms with Crippen LogP contribution in [-0.4, -0.2) is 52.2 Å². The second-order valence-electron chi connectivity index (χ2n) is 8.20. The van der Waals surface area contributed by atoms with Gasteiger partial charge in [0.25, 0.3) is 5.91 Å². The van der Waals surface area contributed by atoms with Crippen LogP contribution in [0.1, 0.15) is 35.2 Å². The summed E-state index contributed by atoms with van der Waals surface area (Å²) in [5.74, 6) is 0.0294. The minimum atomic E-state index is -0.314. The Morgan fingerprint density at radius 1 is 1.20 bits per heavy atom. The molecule has 2 saturated heterocycles. The van der Waals surface area contributed by atoms with Crippen LogP contribution in [0.3, 0.4) is 0 Å². The predicted octanol–water partition coefficient (Wildman–Crippen LogP) is 3.61. The van der Waals surface area contributed by atoms with Crippen molar-refractivity contribution < 1.29 is 14.3 Å². The van der Waals surface area contributed by atoms with Gasteiger partial charge >= 0.3 is 0 Å². The maximum atomic E-state index is 13.3. The Hall–Kier alpha value is -2.83. The summed E-state index contributed by atoms with van der Waals surface area (Å²) < 4.78 is 12.3. The van der Waals surface area contributed by atoms with Gasteiger partial charge in [0.05, 0.1) is 42.5 Å². The zero-order chi connectivity index (χ0) is 20.4. The van der Waals surface area contributed by atoms with Gasteiger partial charge in [0.2, 0.25) is 0 Å². The van der Waals surface area contributed by atoms with Gasteiger partial charge in [-0.2, -0.15) is 0 Å². The number of likely N-dealkylation sites (tertiary alicyclic amines) is 1. The number of fused-ring (bicyclic) bond motifs is 1. The molecular formula is C24H25N3O3. The van der Waals surface area contributed by atoms with Crippen molar-refractivity contribution in [2.45, 2.75) is 37.6 Å². The first-order chi connectivity index (χ1) is 14.7. The Kier molecular flexibility index (Phi) is 5.19. The van der Waals surface area contributed by atoms with E-state index in [4.69, 9.17) is 9.47 Å². The summed E-state index contributed by atoms with van der Waals surface area (Å²) in [6.45, 7) is 2.44. The van der Waals surface area contributed by atoms with Gasteiger partial charge in [0.1, 0.15) is 0 Å². The molecule has 6 nitrogen and oxygen atoms in total. The van der Waals surface area contributed by atoms with E-state index in [1.807, 2.05) is 53.6 Å². The Bertz CT molecular complexity index is 1040. The maximum Gasteiger partial charge on any atom is 0.256 e. The first-order valence-corrected chi connectivity index (χ1v) is 10.5. The number of pyridine rings is 2. The van der Waals surface area contributed by atoms with Gasteiger partial charge in [-0.15, -0.1) is 0 Å². The van der Waals surface area contributed by atoms with Crippen molar-refractivity contribution in [3.63, 3.8) is 0 Å². The van der Waals surface area contributed by atoms with Gasteiger partial charge in [-0.05, 0) is 36.6 Å². The van der Waals surface area contributed by atoms with Crippen LogP contribution in [0.4, 0.5) is 0 Å². The number of carbonyl (C=O) groups excluding carboxylic acids is 1. The molecule has 0 bridgehead atoms. The van der Waals surface area contributed by atoms with E-state index in [1.54, 1.807) is 12.4 Å². The van der Waals surface area contributed by atoms with Gasteiger partial charge in [-0.3, -0.25) is 14.8 Å². The van der Waals surface area contributed by atoms with Crippen molar-refractivity contribution in [1.82, 2.24) is 14.9 Å². The van der Waals surface area contributed by atoms with Crippen LogP contribution in [0.25, 0.3) is 10.9 Å². The minimum absolute atomic E-state index is 0.0294. The largest absolute Gasteiger partial charge is 0.371 e. The Morgan fingerprint density at radius 2 is 2.10 bits per heavy atom. The summed E-state index contributed by atoms with van der Waals surface area (Å²) in [5, 5.41) is 0.982. The lowest BCUT2D eigenvalue weighted by molar-refractivity contribution is -0.0466. The number of carbonyl (C=O) groups is 1. The van der Waals surface area contributed by atoms with Crippen LogP contribution < -0.4 is 0 Å². The molecule has 154 valence electrons. The lowest BCUT2D eigenvalue weighted by atomic mass is 9.89. The molecule has 1 aromatic carbocycles. The molecule has 4 heterocycles. The molecule has 2 aliphatic rings. The van der Waals surface area contributed by atoms with Crippen LogP contribution in [0.15, 0.2) is 61.1 Å². The number of ether oxygens (including phenoxy) is 2. The van der Waals surface area contributed by atoms with Gasteiger partial charge in [-0.1, -0.05) is 24.3 Å². The summed E-state index contributed by atoms with van der Waals surface area (Å²) >= 11 is 0. The van der Waals surface area contributed by atoms with Crippen molar-refractivity contribution in [1.29, 1.82) is 0 Å². The second-order valence-corrected chi connectivity index (χ2v) is 8.20. The van der Waals surface area contributed by atoms with Crippen LogP contribution in [0.5, 0.6) is 0 Å². The second kappa shape index (κ2) is 8.13. The monoisotopic (exact) mass is 403 g/mol. The first kappa shape index (κ1) is 19.2. The molecular weight excluding hydrogens is 378 g/mol. The maximum absolute atomic E-state index is 13.3. The van der Waals surface area contributed by atoms with E-state index in [0.29, 0.717) is 25.3 Å². The van der Waals surface area contributed by atoms with Crippen molar-refractivity contribution in [3.8, 4) is 0 Å². The van der Waals surface area contributed by atoms with E-state index in [2.05, 4.69) is 9.97 Å². The van der Waals surface area contributed by atoms with E-state index < -0.39 is 0 Å². The van der Waals surface area contributed by atoms with Crippen LogP contribution >= 0.6 is 0 Å². The molecule has 2 aliphatic heterocycles. The molecule has 0 unspecified atom stereocenters. The van der Waals surface area contributed by atoms with Crippen LogP contribution in [0, 0.1) is 0 Å². The van der Waals surface area contributed by atoms with Gasteiger partial charge in [0, 0.05) is 36.9 Å². The number of benzene rings is 1. The number of hydrogen-bond donors (Lipinski definition) is 0. The molecule has 0 radical (unpaired) electrons. The minimum Gasteiger partial charge on any atom is -0.371 e. The quantitative estimate of drug-likeness (QED) is 0.666. The highest BCUT2D eigenvalue weighted by Gasteiger charge is 2.45. The fourth-order valence-corrected chi connectivity index (χ4v) is 4.61. The van der Waals surface area contributed by atoms with Crippen molar-refractivity contribution in [2.75, 3.05) is 19.7 Å². The number of amides is 1. The highest BCUT2D eigenvalue weighted by Crippen LogP contribution is 2.36. The molecule has 5 rings (SSSR count). The van der Waals surface area contributed by atoms with E-state index in [9.17, 15) is 4.79 Å². The number of aromatic nitrogens is 2. The summed E-state index contributed by atoms with van der Waals surface area (Å²) in [6.07, 6.45) is 8.06. The van der Waals surface area contributed by atoms with E-state index in [0.717, 1.165) is 42.3 Å². The van der Waals surface area contributed by atoms with E-state index in [-0.39, 0.29) is 17.6 Å². The lowest BCUT2D eigenvalue weighted by Crippen LogP contribution is -2.50. The zero-order valence-corrected chi connectivity index (χ0v) is 16.9. The number of para-hydroxylation sites is 1. The molecule has 6 heteroatoms. The smallest absolute Gasteiger partial charge is 0.256 e. The van der Waals surface area contributed by atoms with Crippen molar-refractivity contribution in [2.24, 2.45) is 0 Å². The standard InChI is InChI=1S/C24H25N3O3/c28-23(21-8-1-6-19-7-3-11-26-22(19)21)27-12-4-9-24(17-27)13-20(16-30-24)29-15-18-5-2-10-25-14-18/h1-3,5-8,10-11,14,20H,4,9,12-13,15-17H2/t20-,24-/m1/s1. The highest BCUT2D eigenvalue weighted by molar-refractivity contribution is 6.05. The molecule has 0 saturated carbocycles. The average Bonchev–Trinajstić information content (AvgIpc) is 3.19. The third kappa shape index (κ3) is 3.80. The Balaban J connectivity index is 1.27. The van der Waals surface area contributed by atoms with Crippen LogP contribution in [0.2, 0.25) is 0 Å². The molecule has 1 amide bonds. The third-order valence-electron chi connectivity index (χ3n) is 6.07. The average molecular weight is 403 g/mol. The normalized spacial score (nSPS) is 23.9. The highest BCUT2D eigenvalue weighted by atomic mass is 16.6. The number of piperidine rings is 1. The fourth-order valence-electron chi connectivity index (χ4n) is 4.61. The van der Waals surface area contributed by atoms with Crippen LogP contribution in [-0.2, 0) is 16.1 Å². The molecule has 2 atom stereocenters. The van der Waals surface area contributed by atoms with Crippen molar-refractivity contribution in [3.05, 3.63) is 72.2 Å². The molecule has 30 heavy (non-hydrogen) atoms. The first-order valence-electron chi connectivity index (χ1n) is 10.5. The number of nitrogens with zero attached hydrogens (tertiary/aromatic N) is 3. The molecule has 0 aliphatic carbocycles. The summed E-state index contributed by atoms with van der Waals surface area (Å²) in [5.41, 5.74) is 2.16.